The molecule has 31 heavy (non-hydrogen) atoms. The molecule has 1 saturated heterocycles. The van der Waals surface area contributed by atoms with Gasteiger partial charge < -0.3 is 15.6 Å². The van der Waals surface area contributed by atoms with E-state index in [4.69, 9.17) is 5.73 Å². The van der Waals surface area contributed by atoms with Crippen molar-refractivity contribution >= 4 is 22.4 Å². The van der Waals surface area contributed by atoms with E-state index in [2.05, 4.69) is 48.9 Å². The Morgan fingerprint density at radius 3 is 2.65 bits per heavy atom. The normalized spacial score (nSPS) is 18.0. The lowest BCUT2D eigenvalue weighted by Gasteiger charge is -2.37. The second kappa shape index (κ2) is 6.96. The number of aromatic amines is 1. The van der Waals surface area contributed by atoms with Crippen LogP contribution >= 0.6 is 0 Å². The molecule has 1 fully saturated rings. The second-order valence-electron chi connectivity index (χ2n) is 9.41. The van der Waals surface area contributed by atoms with E-state index < -0.39 is 0 Å². The van der Waals surface area contributed by atoms with Crippen molar-refractivity contribution in [2.75, 3.05) is 18.0 Å². The van der Waals surface area contributed by atoms with Crippen molar-refractivity contribution in [1.82, 2.24) is 4.98 Å². The molecule has 1 aromatic heterocycles. The first-order valence-electron chi connectivity index (χ1n) is 11.1. The van der Waals surface area contributed by atoms with Crippen LogP contribution in [0.4, 0.5) is 5.69 Å². The molecular formula is C26H28N4O. The molecule has 2 aliphatic rings. The lowest BCUT2D eigenvalue weighted by atomic mass is 9.70. The largest absolute Gasteiger partial charge is 0.371 e. The summed E-state index contributed by atoms with van der Waals surface area (Å²) in [6, 6.07) is 12.4. The van der Waals surface area contributed by atoms with E-state index in [1.165, 1.54) is 11.3 Å². The molecule has 0 spiro atoms. The number of anilines is 1. The van der Waals surface area contributed by atoms with Crippen molar-refractivity contribution in [1.29, 1.82) is 5.26 Å². The first-order chi connectivity index (χ1) is 14.8. The molecule has 5 nitrogen and oxygen atoms in total. The van der Waals surface area contributed by atoms with Crippen LogP contribution in [-0.2, 0) is 11.8 Å². The number of fused-ring (bicyclic) bond motifs is 4. The number of hydrogen-bond acceptors (Lipinski definition) is 4. The number of carbonyl (C=O) groups excluding carboxylic acids is 1. The summed E-state index contributed by atoms with van der Waals surface area (Å²) in [7, 11) is 0. The van der Waals surface area contributed by atoms with E-state index in [0.29, 0.717) is 5.56 Å². The Morgan fingerprint density at radius 1 is 1.23 bits per heavy atom. The number of aryl methyl sites for hydroxylation is 1. The van der Waals surface area contributed by atoms with Gasteiger partial charge >= 0.3 is 0 Å². The summed E-state index contributed by atoms with van der Waals surface area (Å²) in [6.45, 7) is 8.42. The predicted octanol–water partition coefficient (Wildman–Crippen LogP) is 4.40. The maximum absolute atomic E-state index is 13.7. The summed E-state index contributed by atoms with van der Waals surface area (Å²) in [6.07, 6.45) is 2.87. The Labute approximate surface area is 182 Å². The molecule has 0 radical (unpaired) electrons. The van der Waals surface area contributed by atoms with Crippen molar-refractivity contribution in [3.63, 3.8) is 0 Å². The van der Waals surface area contributed by atoms with E-state index in [1.54, 1.807) is 6.07 Å². The van der Waals surface area contributed by atoms with Crippen molar-refractivity contribution < 1.29 is 4.79 Å². The molecular weight excluding hydrogens is 384 g/mol. The summed E-state index contributed by atoms with van der Waals surface area (Å²) >= 11 is 0. The minimum atomic E-state index is -0.350. The first kappa shape index (κ1) is 19.8. The summed E-state index contributed by atoms with van der Waals surface area (Å²) in [5, 5.41) is 10.2. The molecule has 0 amide bonds. The van der Waals surface area contributed by atoms with Gasteiger partial charge in [-0.1, -0.05) is 26.8 Å². The molecule has 0 saturated carbocycles. The topological polar surface area (TPSA) is 85.9 Å². The van der Waals surface area contributed by atoms with Crippen LogP contribution in [-0.4, -0.2) is 29.9 Å². The minimum absolute atomic E-state index is 0.0715. The lowest BCUT2D eigenvalue weighted by Crippen LogP contribution is -2.40. The fourth-order valence-electron chi connectivity index (χ4n) is 5.30. The van der Waals surface area contributed by atoms with Crippen LogP contribution in [0.25, 0.3) is 10.9 Å². The third-order valence-corrected chi connectivity index (χ3v) is 7.18. The van der Waals surface area contributed by atoms with Crippen LogP contribution in [0.1, 0.15) is 71.9 Å². The van der Waals surface area contributed by atoms with Crippen molar-refractivity contribution in [3.8, 4) is 6.07 Å². The van der Waals surface area contributed by atoms with Gasteiger partial charge in [0.25, 0.3) is 0 Å². The molecule has 0 bridgehead atoms. The molecule has 5 rings (SSSR count). The number of nitrogens with two attached hydrogens (primary N) is 1. The van der Waals surface area contributed by atoms with E-state index in [1.807, 2.05) is 12.1 Å². The summed E-state index contributed by atoms with van der Waals surface area (Å²) in [5.41, 5.74) is 13.2. The second-order valence-corrected chi connectivity index (χ2v) is 9.41. The molecule has 5 heteroatoms. The fraction of sp³-hybridized carbons (Fsp3) is 0.385. The number of aromatic nitrogens is 1. The number of rotatable bonds is 2. The SMILES string of the molecule is CCc1cc2c(cc1N1CCC(N)CC1)C(C)(C)c1[nH]c3cc(C#N)ccc3c1C2=O. The molecule has 3 N–H and O–H groups in total. The number of nitriles is 1. The highest BCUT2D eigenvalue weighted by atomic mass is 16.1. The van der Waals surface area contributed by atoms with E-state index in [-0.39, 0.29) is 17.2 Å². The highest BCUT2D eigenvalue weighted by Crippen LogP contribution is 2.45. The van der Waals surface area contributed by atoms with Crippen LogP contribution in [0.2, 0.25) is 0 Å². The Morgan fingerprint density at radius 2 is 1.97 bits per heavy atom. The molecule has 0 unspecified atom stereocenters. The van der Waals surface area contributed by atoms with Gasteiger partial charge in [-0.3, -0.25) is 4.79 Å². The Balaban J connectivity index is 1.70. The minimum Gasteiger partial charge on any atom is -0.371 e. The predicted molar refractivity (Wildman–Crippen MR) is 124 cm³/mol. The lowest BCUT2D eigenvalue weighted by molar-refractivity contribution is 0.103. The highest BCUT2D eigenvalue weighted by Gasteiger charge is 2.40. The molecule has 3 aromatic rings. The number of nitrogens with one attached hydrogen (secondary N) is 1. The quantitative estimate of drug-likeness (QED) is 0.653. The summed E-state index contributed by atoms with van der Waals surface area (Å²) < 4.78 is 0. The van der Waals surface area contributed by atoms with Crippen LogP contribution in [0, 0.1) is 11.3 Å². The van der Waals surface area contributed by atoms with Gasteiger partial charge in [0.15, 0.2) is 5.78 Å². The van der Waals surface area contributed by atoms with Gasteiger partial charge in [-0.2, -0.15) is 5.26 Å². The third-order valence-electron chi connectivity index (χ3n) is 7.18. The van der Waals surface area contributed by atoms with Crippen molar-refractivity contribution in [2.45, 2.75) is 51.5 Å². The molecule has 2 aromatic carbocycles. The number of nitrogens with zero attached hydrogens (tertiary/aromatic N) is 2. The average molecular weight is 413 g/mol. The summed E-state index contributed by atoms with van der Waals surface area (Å²) in [4.78, 5) is 19.6. The number of carbonyl (C=O) groups is 1. The maximum atomic E-state index is 13.7. The standard InChI is InChI=1S/C26H28N4O/c1-4-16-12-19-20(13-22(16)30-9-7-17(28)8-10-30)26(2,3)25-23(24(19)31)18-6-5-15(14-27)11-21(18)29-25/h5-6,11-13,17,29H,4,7-10,28H2,1-3H3. The zero-order chi connectivity index (χ0) is 21.9. The van der Waals surface area contributed by atoms with E-state index >= 15 is 0 Å². The number of benzene rings is 2. The zero-order valence-corrected chi connectivity index (χ0v) is 18.4. The van der Waals surface area contributed by atoms with Crippen LogP contribution < -0.4 is 10.6 Å². The molecule has 1 aliphatic carbocycles. The summed E-state index contributed by atoms with van der Waals surface area (Å²) in [5.74, 6) is 0.0715. The monoisotopic (exact) mass is 412 g/mol. The maximum Gasteiger partial charge on any atom is 0.195 e. The number of ketones is 1. The van der Waals surface area contributed by atoms with Gasteiger partial charge in [-0.25, -0.2) is 0 Å². The van der Waals surface area contributed by atoms with Gasteiger partial charge in [0.2, 0.25) is 0 Å². The van der Waals surface area contributed by atoms with Crippen molar-refractivity contribution in [3.05, 3.63) is 63.8 Å². The Kier molecular flexibility index (Phi) is 4.46. The van der Waals surface area contributed by atoms with E-state index in [9.17, 15) is 10.1 Å². The number of piperidine rings is 1. The van der Waals surface area contributed by atoms with Gasteiger partial charge in [-0.15, -0.1) is 0 Å². The first-order valence-corrected chi connectivity index (χ1v) is 11.1. The van der Waals surface area contributed by atoms with Crippen LogP contribution in [0.15, 0.2) is 30.3 Å². The van der Waals surface area contributed by atoms with Gasteiger partial charge in [0.1, 0.15) is 0 Å². The zero-order valence-electron chi connectivity index (χ0n) is 18.4. The third kappa shape index (κ3) is 2.90. The number of hydrogen-bond donors (Lipinski definition) is 2. The van der Waals surface area contributed by atoms with Gasteiger partial charge in [0.05, 0.1) is 17.2 Å². The molecule has 1 aliphatic heterocycles. The molecule has 2 heterocycles. The highest BCUT2D eigenvalue weighted by molar-refractivity contribution is 6.20. The van der Waals surface area contributed by atoms with Crippen LogP contribution in [0.3, 0.4) is 0 Å². The van der Waals surface area contributed by atoms with Crippen molar-refractivity contribution in [2.24, 2.45) is 5.73 Å². The molecule has 0 atom stereocenters. The van der Waals surface area contributed by atoms with Gasteiger partial charge in [0, 0.05) is 52.4 Å². The Bertz CT molecular complexity index is 1250. The van der Waals surface area contributed by atoms with E-state index in [0.717, 1.165) is 65.6 Å². The number of H-pyrrole nitrogens is 1. The Hall–Kier alpha value is -3.10. The smallest absolute Gasteiger partial charge is 0.195 e. The average Bonchev–Trinajstić information content (AvgIpc) is 3.17. The molecule has 158 valence electrons. The van der Waals surface area contributed by atoms with Crippen LogP contribution in [0.5, 0.6) is 0 Å². The fourth-order valence-corrected chi connectivity index (χ4v) is 5.30. The van der Waals surface area contributed by atoms with Gasteiger partial charge in [-0.05, 0) is 54.7 Å².